The van der Waals surface area contributed by atoms with E-state index in [9.17, 15) is 0 Å². The van der Waals surface area contributed by atoms with E-state index in [4.69, 9.17) is 21.1 Å². The van der Waals surface area contributed by atoms with Crippen molar-refractivity contribution in [3.8, 4) is 11.5 Å². The van der Waals surface area contributed by atoms with Crippen LogP contribution in [0.2, 0.25) is 5.02 Å². The molecular weight excluding hydrogens is 288 g/mol. The van der Waals surface area contributed by atoms with Gasteiger partial charge >= 0.3 is 0 Å². The molecule has 1 aliphatic rings. The average molecular weight is 313 g/mol. The number of nitrogens with zero attached hydrogens (tertiary/aromatic N) is 1. The number of hydrogen-bond donors (Lipinski definition) is 1. The number of nitrogens with one attached hydrogen (secondary N) is 1. The van der Waals surface area contributed by atoms with Gasteiger partial charge in [0, 0.05) is 36.3 Å². The molecule has 1 aliphatic heterocycles. The minimum Gasteiger partial charge on any atom is -0.493 e. The molecule has 0 spiro atoms. The molecule has 0 saturated carbocycles. The Morgan fingerprint density at radius 2 is 2.14 bits per heavy atom. The highest BCUT2D eigenvalue weighted by molar-refractivity contribution is 6.30. The summed E-state index contributed by atoms with van der Waals surface area (Å²) < 4.78 is 11.3. The van der Waals surface area contributed by atoms with Crippen molar-refractivity contribution in [2.45, 2.75) is 26.3 Å². The van der Waals surface area contributed by atoms with Gasteiger partial charge in [0.2, 0.25) is 0 Å². The van der Waals surface area contributed by atoms with Crippen LogP contribution in [0.3, 0.4) is 0 Å². The van der Waals surface area contributed by atoms with Crippen LogP contribution in [0.4, 0.5) is 0 Å². The molecule has 0 radical (unpaired) electrons. The number of rotatable bonds is 6. The van der Waals surface area contributed by atoms with Crippen molar-refractivity contribution >= 4 is 11.6 Å². The fourth-order valence-electron chi connectivity index (χ4n) is 2.56. The SMILES string of the molecule is CCCOc1c(CN2CCCNCC2)cc(Cl)cc1OC. The van der Waals surface area contributed by atoms with Gasteiger partial charge in [-0.2, -0.15) is 0 Å². The van der Waals surface area contributed by atoms with E-state index in [1.807, 2.05) is 12.1 Å². The normalized spacial score (nSPS) is 16.5. The van der Waals surface area contributed by atoms with Crippen molar-refractivity contribution < 1.29 is 9.47 Å². The first-order chi connectivity index (χ1) is 10.2. The number of benzene rings is 1. The molecule has 4 nitrogen and oxygen atoms in total. The Bertz CT molecular complexity index is 446. The van der Waals surface area contributed by atoms with E-state index in [-0.39, 0.29) is 0 Å². The smallest absolute Gasteiger partial charge is 0.165 e. The zero-order valence-electron chi connectivity index (χ0n) is 13.0. The second kappa shape index (κ2) is 8.47. The lowest BCUT2D eigenvalue weighted by molar-refractivity contribution is 0.261. The van der Waals surface area contributed by atoms with Crippen LogP contribution in [0.1, 0.15) is 25.3 Å². The van der Waals surface area contributed by atoms with Crippen molar-refractivity contribution in [3.63, 3.8) is 0 Å². The summed E-state index contributed by atoms with van der Waals surface area (Å²) in [5.41, 5.74) is 1.11. The van der Waals surface area contributed by atoms with Crippen molar-refractivity contribution in [2.75, 3.05) is 39.9 Å². The van der Waals surface area contributed by atoms with Crippen LogP contribution < -0.4 is 14.8 Å². The fourth-order valence-corrected chi connectivity index (χ4v) is 2.79. The van der Waals surface area contributed by atoms with Crippen molar-refractivity contribution in [2.24, 2.45) is 0 Å². The van der Waals surface area contributed by atoms with Gasteiger partial charge in [-0.05, 0) is 32.0 Å². The molecule has 1 N–H and O–H groups in total. The molecule has 2 rings (SSSR count). The molecule has 0 atom stereocenters. The zero-order valence-corrected chi connectivity index (χ0v) is 13.7. The van der Waals surface area contributed by atoms with Crippen LogP contribution in [0.15, 0.2) is 12.1 Å². The summed E-state index contributed by atoms with van der Waals surface area (Å²) in [7, 11) is 1.66. The predicted molar refractivity (Wildman–Crippen MR) is 86.6 cm³/mol. The molecule has 1 saturated heterocycles. The molecule has 1 heterocycles. The maximum absolute atomic E-state index is 6.22. The van der Waals surface area contributed by atoms with Crippen molar-refractivity contribution in [1.82, 2.24) is 10.2 Å². The van der Waals surface area contributed by atoms with E-state index in [0.717, 1.165) is 56.2 Å². The molecule has 0 aliphatic carbocycles. The van der Waals surface area contributed by atoms with Gasteiger partial charge in [0.25, 0.3) is 0 Å². The third-order valence-electron chi connectivity index (χ3n) is 3.59. The lowest BCUT2D eigenvalue weighted by Crippen LogP contribution is -2.28. The highest BCUT2D eigenvalue weighted by atomic mass is 35.5. The van der Waals surface area contributed by atoms with Crippen LogP contribution in [0.25, 0.3) is 0 Å². The van der Waals surface area contributed by atoms with Gasteiger partial charge in [-0.15, -0.1) is 0 Å². The van der Waals surface area contributed by atoms with Crippen LogP contribution in [0.5, 0.6) is 11.5 Å². The summed E-state index contributed by atoms with van der Waals surface area (Å²) in [5, 5.41) is 4.12. The van der Waals surface area contributed by atoms with Crippen molar-refractivity contribution in [3.05, 3.63) is 22.7 Å². The molecule has 21 heavy (non-hydrogen) atoms. The molecule has 0 unspecified atom stereocenters. The molecule has 118 valence electrons. The number of hydrogen-bond acceptors (Lipinski definition) is 4. The minimum absolute atomic E-state index is 0.687. The van der Waals surface area contributed by atoms with Crippen molar-refractivity contribution in [1.29, 1.82) is 0 Å². The molecule has 0 bridgehead atoms. The molecule has 0 aromatic heterocycles. The van der Waals surface area contributed by atoms with Crippen LogP contribution in [-0.4, -0.2) is 44.8 Å². The Balaban J connectivity index is 2.20. The van der Waals surface area contributed by atoms with E-state index in [0.29, 0.717) is 11.6 Å². The average Bonchev–Trinajstić information content (AvgIpc) is 2.74. The van der Waals surface area contributed by atoms with E-state index in [1.54, 1.807) is 7.11 Å². The highest BCUT2D eigenvalue weighted by Gasteiger charge is 2.16. The third kappa shape index (κ3) is 4.77. The third-order valence-corrected chi connectivity index (χ3v) is 3.81. The largest absolute Gasteiger partial charge is 0.493 e. The number of methoxy groups -OCH3 is 1. The summed E-state index contributed by atoms with van der Waals surface area (Å²) in [4.78, 5) is 2.43. The quantitative estimate of drug-likeness (QED) is 0.875. The zero-order chi connectivity index (χ0) is 15.1. The Hall–Kier alpha value is -0.970. The minimum atomic E-state index is 0.687. The van der Waals surface area contributed by atoms with Gasteiger partial charge in [0.15, 0.2) is 11.5 Å². The van der Waals surface area contributed by atoms with Gasteiger partial charge in [-0.3, -0.25) is 4.90 Å². The fraction of sp³-hybridized carbons (Fsp3) is 0.625. The Kier molecular flexibility index (Phi) is 6.61. The lowest BCUT2D eigenvalue weighted by atomic mass is 10.1. The lowest BCUT2D eigenvalue weighted by Gasteiger charge is -2.22. The highest BCUT2D eigenvalue weighted by Crippen LogP contribution is 2.35. The molecule has 1 aromatic carbocycles. The molecular formula is C16H25ClN2O2. The first-order valence-electron chi connectivity index (χ1n) is 7.67. The summed E-state index contributed by atoms with van der Waals surface area (Å²) in [5.74, 6) is 1.56. The van der Waals surface area contributed by atoms with E-state index >= 15 is 0 Å². The number of ether oxygens (including phenoxy) is 2. The summed E-state index contributed by atoms with van der Waals surface area (Å²) in [6.07, 6.45) is 2.14. The summed E-state index contributed by atoms with van der Waals surface area (Å²) in [6.45, 7) is 7.89. The summed E-state index contributed by atoms with van der Waals surface area (Å²) >= 11 is 6.22. The van der Waals surface area contributed by atoms with Crippen LogP contribution in [-0.2, 0) is 6.54 Å². The predicted octanol–water partition coefficient (Wildman–Crippen LogP) is 2.93. The van der Waals surface area contributed by atoms with Gasteiger partial charge in [-0.25, -0.2) is 0 Å². The first kappa shape index (κ1) is 16.4. The second-order valence-corrected chi connectivity index (χ2v) is 5.76. The van der Waals surface area contributed by atoms with E-state index in [2.05, 4.69) is 17.1 Å². The monoisotopic (exact) mass is 312 g/mol. The Morgan fingerprint density at radius 1 is 1.29 bits per heavy atom. The molecule has 5 heteroatoms. The number of halogens is 1. The maximum Gasteiger partial charge on any atom is 0.165 e. The maximum atomic E-state index is 6.22. The topological polar surface area (TPSA) is 33.7 Å². The standard InChI is InChI=1S/C16H25ClN2O2/c1-3-9-21-16-13(10-14(17)11-15(16)20-2)12-19-7-4-5-18-6-8-19/h10-11,18H,3-9,12H2,1-2H3. The Morgan fingerprint density at radius 3 is 2.90 bits per heavy atom. The molecule has 0 amide bonds. The van der Waals surface area contributed by atoms with Gasteiger partial charge in [-0.1, -0.05) is 18.5 Å². The first-order valence-corrected chi connectivity index (χ1v) is 8.04. The van der Waals surface area contributed by atoms with Crippen LogP contribution in [0, 0.1) is 0 Å². The van der Waals surface area contributed by atoms with E-state index in [1.165, 1.54) is 6.42 Å². The molecule has 1 fully saturated rings. The van der Waals surface area contributed by atoms with Gasteiger partial charge < -0.3 is 14.8 Å². The van der Waals surface area contributed by atoms with Crippen LogP contribution >= 0.6 is 11.6 Å². The summed E-state index contributed by atoms with van der Waals surface area (Å²) in [6, 6.07) is 3.81. The van der Waals surface area contributed by atoms with E-state index < -0.39 is 0 Å². The second-order valence-electron chi connectivity index (χ2n) is 5.32. The molecule has 1 aromatic rings. The Labute approximate surface area is 132 Å². The van der Waals surface area contributed by atoms with Gasteiger partial charge in [0.05, 0.1) is 13.7 Å². The van der Waals surface area contributed by atoms with Gasteiger partial charge in [0.1, 0.15) is 0 Å².